The zero-order valence-corrected chi connectivity index (χ0v) is 11.7. The molecule has 8 heteroatoms. The van der Waals surface area contributed by atoms with E-state index in [-0.39, 0.29) is 0 Å². The van der Waals surface area contributed by atoms with Crippen LogP contribution in [0, 0.1) is 17.6 Å². The van der Waals surface area contributed by atoms with Crippen LogP contribution in [-0.4, -0.2) is 25.5 Å². The van der Waals surface area contributed by atoms with Gasteiger partial charge in [0.2, 0.25) is 10.0 Å². The van der Waals surface area contributed by atoms with Crippen molar-refractivity contribution in [2.45, 2.75) is 31.2 Å². The summed E-state index contributed by atoms with van der Waals surface area (Å²) in [5.41, 5.74) is 0. The van der Waals surface area contributed by atoms with Gasteiger partial charge in [0, 0.05) is 0 Å². The Hall–Kier alpha value is -1.54. The average Bonchev–Trinajstić information content (AvgIpc) is 2.34. The Labute approximate surface area is 115 Å². The number of hydrogen-bond donors (Lipinski definition) is 2. The van der Waals surface area contributed by atoms with Crippen LogP contribution in [0.4, 0.5) is 8.78 Å². The van der Waals surface area contributed by atoms with Gasteiger partial charge in [-0.3, -0.25) is 4.79 Å². The topological polar surface area (TPSA) is 83.5 Å². The Morgan fingerprint density at radius 2 is 1.85 bits per heavy atom. The van der Waals surface area contributed by atoms with E-state index in [1.807, 2.05) is 4.72 Å². The zero-order chi connectivity index (χ0) is 15.5. The van der Waals surface area contributed by atoms with Gasteiger partial charge in [-0.25, -0.2) is 17.2 Å². The Morgan fingerprint density at radius 1 is 1.35 bits per heavy atom. The molecular formula is C12H15F2NO4S. The normalized spacial score (nSPS) is 14.8. The summed E-state index contributed by atoms with van der Waals surface area (Å²) in [4.78, 5) is 9.89. The Morgan fingerprint density at radius 3 is 2.25 bits per heavy atom. The lowest BCUT2D eigenvalue weighted by atomic mass is 10.0. The van der Waals surface area contributed by atoms with Crippen molar-refractivity contribution in [3.05, 3.63) is 29.8 Å². The molecule has 0 aliphatic rings. The maximum Gasteiger partial charge on any atom is 0.322 e. The third-order valence-corrected chi connectivity index (χ3v) is 4.44. The summed E-state index contributed by atoms with van der Waals surface area (Å²) in [6.45, 7) is 3.21. The molecule has 0 aliphatic heterocycles. The molecule has 0 aromatic heterocycles. The summed E-state index contributed by atoms with van der Waals surface area (Å²) >= 11 is 0. The lowest BCUT2D eigenvalue weighted by molar-refractivity contribution is -0.140. The largest absolute Gasteiger partial charge is 0.480 e. The highest BCUT2D eigenvalue weighted by atomic mass is 32.2. The van der Waals surface area contributed by atoms with Crippen LogP contribution in [-0.2, 0) is 14.8 Å². The molecule has 1 unspecified atom stereocenters. The van der Waals surface area contributed by atoms with Crippen molar-refractivity contribution in [2.24, 2.45) is 5.92 Å². The fourth-order valence-corrected chi connectivity index (χ4v) is 3.05. The summed E-state index contributed by atoms with van der Waals surface area (Å²) in [5, 5.41) is 9.01. The molecule has 2 N–H and O–H groups in total. The Balaban J connectivity index is 3.20. The van der Waals surface area contributed by atoms with Crippen molar-refractivity contribution >= 4 is 16.0 Å². The Kier molecular flexibility index (Phi) is 5.18. The first kappa shape index (κ1) is 16.5. The van der Waals surface area contributed by atoms with Gasteiger partial charge in [0.15, 0.2) is 4.90 Å². The second-order valence-electron chi connectivity index (χ2n) is 4.37. The summed E-state index contributed by atoms with van der Waals surface area (Å²) in [6, 6.07) is 1.14. The summed E-state index contributed by atoms with van der Waals surface area (Å²) in [7, 11) is -4.60. The van der Waals surface area contributed by atoms with Crippen molar-refractivity contribution in [1.29, 1.82) is 0 Å². The first-order chi connectivity index (χ1) is 9.20. The number of hydrogen-bond acceptors (Lipinski definition) is 3. The molecule has 1 rings (SSSR count). The standard InChI is InChI=1S/C12H15F2NO4S/c1-3-7(2)10(12(16)17)15-20(18,19)11-8(13)5-4-6-9(11)14/h4-7,10,15H,3H2,1-2H3,(H,16,17)/t7?,10-/m0/s1. The number of carbonyl (C=O) groups is 1. The molecular weight excluding hydrogens is 292 g/mol. The molecule has 0 fully saturated rings. The van der Waals surface area contributed by atoms with Gasteiger partial charge in [-0.1, -0.05) is 26.3 Å². The molecule has 0 bridgehead atoms. The fraction of sp³-hybridized carbons (Fsp3) is 0.417. The maximum atomic E-state index is 13.5. The summed E-state index contributed by atoms with van der Waals surface area (Å²) < 4.78 is 52.7. The number of nitrogens with one attached hydrogen (secondary N) is 1. The van der Waals surface area contributed by atoms with E-state index in [2.05, 4.69) is 0 Å². The van der Waals surface area contributed by atoms with E-state index in [4.69, 9.17) is 5.11 Å². The van der Waals surface area contributed by atoms with Gasteiger partial charge in [0.25, 0.3) is 0 Å². The van der Waals surface area contributed by atoms with Crippen LogP contribution >= 0.6 is 0 Å². The first-order valence-corrected chi connectivity index (χ1v) is 7.38. The molecule has 1 aromatic rings. The molecule has 20 heavy (non-hydrogen) atoms. The Bertz CT molecular complexity index is 583. The van der Waals surface area contributed by atoms with Crippen LogP contribution in [0.5, 0.6) is 0 Å². The van der Waals surface area contributed by atoms with E-state index in [1.54, 1.807) is 6.92 Å². The maximum absolute atomic E-state index is 13.5. The van der Waals surface area contributed by atoms with Gasteiger partial charge < -0.3 is 5.11 Å². The van der Waals surface area contributed by atoms with E-state index in [0.29, 0.717) is 6.42 Å². The van der Waals surface area contributed by atoms with Crippen LogP contribution in [0.3, 0.4) is 0 Å². The van der Waals surface area contributed by atoms with Gasteiger partial charge in [0.05, 0.1) is 0 Å². The van der Waals surface area contributed by atoms with Crippen LogP contribution in [0.25, 0.3) is 0 Å². The highest BCUT2D eigenvalue weighted by molar-refractivity contribution is 7.89. The smallest absolute Gasteiger partial charge is 0.322 e. The third kappa shape index (κ3) is 3.51. The first-order valence-electron chi connectivity index (χ1n) is 5.89. The predicted octanol–water partition coefficient (Wildman–Crippen LogP) is 1.74. The molecule has 0 heterocycles. The molecule has 0 amide bonds. The fourth-order valence-electron chi connectivity index (χ4n) is 1.61. The minimum atomic E-state index is -4.60. The van der Waals surface area contributed by atoms with Gasteiger partial charge in [0.1, 0.15) is 17.7 Å². The minimum Gasteiger partial charge on any atom is -0.480 e. The highest BCUT2D eigenvalue weighted by Crippen LogP contribution is 2.20. The van der Waals surface area contributed by atoms with Crippen LogP contribution in [0.15, 0.2) is 23.1 Å². The monoisotopic (exact) mass is 307 g/mol. The van der Waals surface area contributed by atoms with Crippen molar-refractivity contribution < 1.29 is 27.1 Å². The number of halogens is 2. The van der Waals surface area contributed by atoms with Gasteiger partial charge in [-0.15, -0.1) is 0 Å². The molecule has 1 aromatic carbocycles. The van der Waals surface area contributed by atoms with Gasteiger partial charge >= 0.3 is 5.97 Å². The van der Waals surface area contributed by atoms with Crippen molar-refractivity contribution in [2.75, 3.05) is 0 Å². The molecule has 112 valence electrons. The highest BCUT2D eigenvalue weighted by Gasteiger charge is 2.32. The van der Waals surface area contributed by atoms with E-state index >= 15 is 0 Å². The van der Waals surface area contributed by atoms with Crippen molar-refractivity contribution in [1.82, 2.24) is 4.72 Å². The summed E-state index contributed by atoms with van der Waals surface area (Å²) in [6.07, 6.45) is 0.388. The lowest BCUT2D eigenvalue weighted by Crippen LogP contribution is -2.45. The lowest BCUT2D eigenvalue weighted by Gasteiger charge is -2.20. The number of carboxylic acid groups (broad SMARTS) is 1. The molecule has 2 atom stereocenters. The van der Waals surface area contributed by atoms with Crippen LogP contribution in [0.1, 0.15) is 20.3 Å². The SMILES string of the molecule is CCC(C)[C@H](NS(=O)(=O)c1c(F)cccc1F)C(=O)O. The number of carboxylic acids is 1. The van der Waals surface area contributed by atoms with E-state index in [1.165, 1.54) is 6.92 Å². The minimum absolute atomic E-state index is 0.388. The van der Waals surface area contributed by atoms with Gasteiger partial charge in [-0.2, -0.15) is 4.72 Å². The van der Waals surface area contributed by atoms with E-state index in [9.17, 15) is 22.0 Å². The number of aliphatic carboxylic acids is 1. The quantitative estimate of drug-likeness (QED) is 0.838. The molecule has 0 saturated heterocycles. The third-order valence-electron chi connectivity index (χ3n) is 2.95. The van der Waals surface area contributed by atoms with Gasteiger partial charge in [-0.05, 0) is 18.1 Å². The average molecular weight is 307 g/mol. The molecule has 0 saturated carbocycles. The second-order valence-corrected chi connectivity index (χ2v) is 6.02. The predicted molar refractivity (Wildman–Crippen MR) is 67.6 cm³/mol. The zero-order valence-electron chi connectivity index (χ0n) is 10.9. The summed E-state index contributed by atoms with van der Waals surface area (Å²) in [5.74, 6) is -4.48. The van der Waals surface area contributed by atoms with E-state index < -0.39 is 44.5 Å². The molecule has 0 radical (unpaired) electrons. The molecule has 0 aliphatic carbocycles. The second kappa shape index (κ2) is 6.27. The van der Waals surface area contributed by atoms with Crippen molar-refractivity contribution in [3.8, 4) is 0 Å². The van der Waals surface area contributed by atoms with Crippen LogP contribution < -0.4 is 4.72 Å². The van der Waals surface area contributed by atoms with E-state index in [0.717, 1.165) is 18.2 Å². The number of benzene rings is 1. The number of rotatable bonds is 6. The number of sulfonamides is 1. The molecule has 5 nitrogen and oxygen atoms in total. The van der Waals surface area contributed by atoms with Crippen molar-refractivity contribution in [3.63, 3.8) is 0 Å². The molecule has 0 spiro atoms. The van der Waals surface area contributed by atoms with Crippen LogP contribution in [0.2, 0.25) is 0 Å².